The number of fused-ring (bicyclic) bond motifs is 1. The molecule has 3 rings (SSSR count). The zero-order valence-corrected chi connectivity index (χ0v) is 10.8. The van der Waals surface area contributed by atoms with E-state index >= 15 is 0 Å². The molecule has 0 unspecified atom stereocenters. The van der Waals surface area contributed by atoms with Gasteiger partial charge in [-0.2, -0.15) is 5.10 Å². The fraction of sp³-hybridized carbons (Fsp3) is 0.286. The van der Waals surface area contributed by atoms with Crippen LogP contribution in [0.3, 0.4) is 0 Å². The van der Waals surface area contributed by atoms with Crippen molar-refractivity contribution in [3.8, 4) is 11.3 Å². The van der Waals surface area contributed by atoms with E-state index in [0.29, 0.717) is 24.3 Å². The molecule has 0 fully saturated rings. The molecule has 0 N–H and O–H groups in total. The van der Waals surface area contributed by atoms with Gasteiger partial charge in [-0.15, -0.1) is 0 Å². The summed E-state index contributed by atoms with van der Waals surface area (Å²) in [6, 6.07) is 3.17. The summed E-state index contributed by atoms with van der Waals surface area (Å²) in [6.07, 6.45) is 0.527. The van der Waals surface area contributed by atoms with Crippen LogP contribution in [0.1, 0.15) is 23.0 Å². The Morgan fingerprint density at radius 2 is 2.20 bits per heavy atom. The standard InChI is InChI=1S/C14H12F2N2O2/c1-8(19)18-13-4-5-20-7-11(13)14(17-18)10-6-9(15)2-3-12(10)16/h2-3,6H,4-5,7H2,1H3. The molecule has 2 aromatic rings. The number of carbonyl (C=O) groups excluding carboxylic acids is 1. The van der Waals surface area contributed by atoms with Crippen LogP contribution < -0.4 is 0 Å². The first-order chi connectivity index (χ1) is 9.58. The smallest absolute Gasteiger partial charge is 0.243 e. The van der Waals surface area contributed by atoms with E-state index in [1.165, 1.54) is 11.6 Å². The molecule has 104 valence electrons. The van der Waals surface area contributed by atoms with E-state index in [9.17, 15) is 13.6 Å². The summed E-state index contributed by atoms with van der Waals surface area (Å²) in [5.74, 6) is -1.39. The van der Waals surface area contributed by atoms with Gasteiger partial charge in [0.25, 0.3) is 0 Å². The van der Waals surface area contributed by atoms with Crippen LogP contribution in [0.25, 0.3) is 11.3 Å². The average Bonchev–Trinajstić information content (AvgIpc) is 2.81. The topological polar surface area (TPSA) is 44.1 Å². The lowest BCUT2D eigenvalue weighted by atomic mass is 10.0. The van der Waals surface area contributed by atoms with Gasteiger partial charge in [-0.05, 0) is 18.2 Å². The molecule has 0 bridgehead atoms. The summed E-state index contributed by atoms with van der Waals surface area (Å²) in [5, 5.41) is 4.14. The lowest BCUT2D eigenvalue weighted by Crippen LogP contribution is -2.17. The highest BCUT2D eigenvalue weighted by Crippen LogP contribution is 2.31. The summed E-state index contributed by atoms with van der Waals surface area (Å²) in [6.45, 7) is 2.11. The number of hydrogen-bond donors (Lipinski definition) is 0. The molecular weight excluding hydrogens is 266 g/mol. The molecule has 1 aliphatic rings. The number of nitrogens with zero attached hydrogens (tertiary/aromatic N) is 2. The lowest BCUT2D eigenvalue weighted by molar-refractivity contribution is 0.0894. The second-order valence-electron chi connectivity index (χ2n) is 4.63. The highest BCUT2D eigenvalue weighted by molar-refractivity contribution is 5.78. The zero-order valence-electron chi connectivity index (χ0n) is 10.8. The van der Waals surface area contributed by atoms with E-state index in [0.717, 1.165) is 18.2 Å². The third kappa shape index (κ3) is 2.02. The first-order valence-electron chi connectivity index (χ1n) is 6.23. The van der Waals surface area contributed by atoms with Crippen molar-refractivity contribution in [3.63, 3.8) is 0 Å². The van der Waals surface area contributed by atoms with Crippen LogP contribution in [0.15, 0.2) is 18.2 Å². The Bertz CT molecular complexity index is 695. The van der Waals surface area contributed by atoms with Crippen LogP contribution in [0.4, 0.5) is 8.78 Å². The van der Waals surface area contributed by atoms with E-state index in [1.807, 2.05) is 0 Å². The summed E-state index contributed by atoms with van der Waals surface area (Å²) in [7, 11) is 0. The predicted octanol–water partition coefficient (Wildman–Crippen LogP) is 2.56. The van der Waals surface area contributed by atoms with Crippen molar-refractivity contribution in [2.24, 2.45) is 0 Å². The van der Waals surface area contributed by atoms with Crippen LogP contribution in [0.5, 0.6) is 0 Å². The molecule has 0 saturated carbocycles. The highest BCUT2D eigenvalue weighted by atomic mass is 19.1. The molecule has 6 heteroatoms. The zero-order chi connectivity index (χ0) is 14.3. The predicted molar refractivity (Wildman–Crippen MR) is 67.2 cm³/mol. The van der Waals surface area contributed by atoms with E-state index < -0.39 is 11.6 Å². The van der Waals surface area contributed by atoms with Gasteiger partial charge in [-0.25, -0.2) is 13.5 Å². The third-order valence-corrected chi connectivity index (χ3v) is 3.30. The van der Waals surface area contributed by atoms with Crippen LogP contribution in [0.2, 0.25) is 0 Å². The van der Waals surface area contributed by atoms with Crippen molar-refractivity contribution in [3.05, 3.63) is 41.1 Å². The number of benzene rings is 1. The quantitative estimate of drug-likeness (QED) is 0.805. The number of halogens is 2. The van der Waals surface area contributed by atoms with Gasteiger partial charge < -0.3 is 4.74 Å². The second-order valence-corrected chi connectivity index (χ2v) is 4.63. The highest BCUT2D eigenvalue weighted by Gasteiger charge is 2.25. The maximum atomic E-state index is 13.9. The van der Waals surface area contributed by atoms with Crippen LogP contribution in [0, 0.1) is 11.6 Å². The van der Waals surface area contributed by atoms with Gasteiger partial charge >= 0.3 is 0 Å². The van der Waals surface area contributed by atoms with Crippen molar-refractivity contribution in [1.29, 1.82) is 0 Å². The molecule has 4 nitrogen and oxygen atoms in total. The van der Waals surface area contributed by atoms with Gasteiger partial charge in [-0.1, -0.05) is 0 Å². The summed E-state index contributed by atoms with van der Waals surface area (Å²) in [5.41, 5.74) is 1.68. The summed E-state index contributed by atoms with van der Waals surface area (Å²) < 4.78 is 33.8. The van der Waals surface area contributed by atoms with Crippen molar-refractivity contribution in [1.82, 2.24) is 9.78 Å². The molecular formula is C14H12F2N2O2. The minimum Gasteiger partial charge on any atom is -0.376 e. The SMILES string of the molecule is CC(=O)n1nc(-c2cc(F)ccc2F)c2c1CCOC2. The monoisotopic (exact) mass is 278 g/mol. The minimum absolute atomic E-state index is 0.0479. The fourth-order valence-corrected chi connectivity index (χ4v) is 2.39. The van der Waals surface area contributed by atoms with E-state index in [1.54, 1.807) is 0 Å². The summed E-state index contributed by atoms with van der Waals surface area (Å²) in [4.78, 5) is 11.6. The van der Waals surface area contributed by atoms with Crippen molar-refractivity contribution in [2.75, 3.05) is 6.61 Å². The second kappa shape index (κ2) is 4.79. The Morgan fingerprint density at radius 3 is 2.95 bits per heavy atom. The molecule has 1 aliphatic heterocycles. The van der Waals surface area contributed by atoms with Gasteiger partial charge in [0.15, 0.2) is 0 Å². The molecule has 0 spiro atoms. The lowest BCUT2D eigenvalue weighted by Gasteiger charge is -2.14. The Morgan fingerprint density at radius 1 is 1.40 bits per heavy atom. The molecule has 0 atom stereocenters. The molecule has 0 radical (unpaired) electrons. The molecule has 0 saturated heterocycles. The minimum atomic E-state index is -0.576. The van der Waals surface area contributed by atoms with Crippen molar-refractivity contribution < 1.29 is 18.3 Å². The Balaban J connectivity index is 2.23. The maximum Gasteiger partial charge on any atom is 0.243 e. The maximum absolute atomic E-state index is 13.9. The first-order valence-corrected chi connectivity index (χ1v) is 6.23. The third-order valence-electron chi connectivity index (χ3n) is 3.30. The fourth-order valence-electron chi connectivity index (χ4n) is 2.39. The largest absolute Gasteiger partial charge is 0.376 e. The van der Waals surface area contributed by atoms with Crippen molar-refractivity contribution in [2.45, 2.75) is 20.0 Å². The van der Waals surface area contributed by atoms with Gasteiger partial charge in [0.1, 0.15) is 17.3 Å². The van der Waals surface area contributed by atoms with Gasteiger partial charge in [0.05, 0.1) is 18.9 Å². The van der Waals surface area contributed by atoms with E-state index in [4.69, 9.17) is 4.74 Å². The van der Waals surface area contributed by atoms with E-state index in [-0.39, 0.29) is 23.8 Å². The van der Waals surface area contributed by atoms with Gasteiger partial charge in [-0.3, -0.25) is 4.79 Å². The molecule has 0 amide bonds. The number of hydrogen-bond acceptors (Lipinski definition) is 3. The van der Waals surface area contributed by atoms with Crippen LogP contribution >= 0.6 is 0 Å². The number of aromatic nitrogens is 2. The Kier molecular flexibility index (Phi) is 3.10. The average molecular weight is 278 g/mol. The molecule has 2 heterocycles. The normalized spacial score (nSPS) is 14.2. The Hall–Kier alpha value is -2.08. The number of rotatable bonds is 1. The molecule has 1 aromatic carbocycles. The Labute approximate surface area is 114 Å². The number of carbonyl (C=O) groups is 1. The summed E-state index contributed by atoms with van der Waals surface area (Å²) >= 11 is 0. The number of ether oxygens (including phenoxy) is 1. The van der Waals surface area contributed by atoms with Crippen LogP contribution in [-0.2, 0) is 17.8 Å². The van der Waals surface area contributed by atoms with E-state index in [2.05, 4.69) is 5.10 Å². The van der Waals surface area contributed by atoms with Crippen molar-refractivity contribution >= 4 is 5.91 Å². The van der Waals surface area contributed by atoms with Gasteiger partial charge in [0.2, 0.25) is 5.91 Å². The molecule has 0 aliphatic carbocycles. The van der Waals surface area contributed by atoms with Gasteiger partial charge in [0, 0.05) is 24.5 Å². The van der Waals surface area contributed by atoms with Crippen LogP contribution in [-0.4, -0.2) is 22.3 Å². The molecule has 1 aromatic heterocycles. The first kappa shape index (κ1) is 12.9. The molecule has 20 heavy (non-hydrogen) atoms.